The fourth-order valence-electron chi connectivity index (χ4n) is 5.22. The number of carbonyl (C=O) groups is 2. The van der Waals surface area contributed by atoms with Crippen molar-refractivity contribution in [1.29, 1.82) is 0 Å². The van der Waals surface area contributed by atoms with Gasteiger partial charge in [-0.15, -0.1) is 0 Å². The molecule has 2 aromatic carbocycles. The Morgan fingerprint density at radius 1 is 1.09 bits per heavy atom. The number of nitrogens with one attached hydrogen (secondary N) is 2. The van der Waals surface area contributed by atoms with Crippen LogP contribution in [0.1, 0.15) is 52.7 Å². The number of Topliss-reactive ketones (excluding diaryl/α,β-unsaturated/α-hetero) is 1. The van der Waals surface area contributed by atoms with Crippen molar-refractivity contribution in [2.24, 2.45) is 0 Å². The minimum absolute atomic E-state index is 0.0230. The highest BCUT2D eigenvalue weighted by Gasteiger charge is 2.26. The summed E-state index contributed by atoms with van der Waals surface area (Å²) >= 11 is 0. The first-order valence-corrected chi connectivity index (χ1v) is 11.7. The summed E-state index contributed by atoms with van der Waals surface area (Å²) in [4.78, 5) is 27.3. The summed E-state index contributed by atoms with van der Waals surface area (Å²) in [5.74, 6) is 1.04. The van der Waals surface area contributed by atoms with E-state index in [0.29, 0.717) is 12.2 Å². The van der Waals surface area contributed by atoms with E-state index in [9.17, 15) is 9.59 Å². The maximum atomic E-state index is 12.9. The van der Waals surface area contributed by atoms with Crippen LogP contribution in [0.15, 0.2) is 36.4 Å². The topological polar surface area (TPSA) is 70.7 Å². The van der Waals surface area contributed by atoms with Crippen molar-refractivity contribution in [3.8, 4) is 5.75 Å². The summed E-state index contributed by atoms with van der Waals surface area (Å²) in [6, 6.07) is 12.2. The SMILES string of the molecule is CC(=O)[C@@H]1CCCc2cc(C(=O)NC3COc4cc(N5CCNCC5)ccc4C3)ccc21. The average molecular weight is 434 g/mol. The van der Waals surface area contributed by atoms with Crippen LogP contribution in [0.25, 0.3) is 0 Å². The fraction of sp³-hybridized carbons (Fsp3) is 0.462. The van der Waals surface area contributed by atoms with Crippen molar-refractivity contribution in [1.82, 2.24) is 10.6 Å². The molecule has 1 saturated heterocycles. The van der Waals surface area contributed by atoms with E-state index in [1.807, 2.05) is 18.2 Å². The molecule has 6 heteroatoms. The van der Waals surface area contributed by atoms with Gasteiger partial charge in [0.1, 0.15) is 18.1 Å². The number of rotatable bonds is 4. The normalized spacial score (nSPS) is 22.3. The number of nitrogens with zero attached hydrogens (tertiary/aromatic N) is 1. The van der Waals surface area contributed by atoms with E-state index in [0.717, 1.165) is 74.3 Å². The molecule has 1 amide bonds. The van der Waals surface area contributed by atoms with Crippen LogP contribution >= 0.6 is 0 Å². The lowest BCUT2D eigenvalue weighted by Gasteiger charge is -2.31. The van der Waals surface area contributed by atoms with Gasteiger partial charge >= 0.3 is 0 Å². The summed E-state index contributed by atoms with van der Waals surface area (Å²) in [7, 11) is 0. The molecule has 2 N–H and O–H groups in total. The van der Waals surface area contributed by atoms with Gasteiger partial charge in [-0.25, -0.2) is 0 Å². The maximum absolute atomic E-state index is 12.9. The zero-order valence-corrected chi connectivity index (χ0v) is 18.7. The van der Waals surface area contributed by atoms with Crippen LogP contribution in [0.3, 0.4) is 0 Å². The van der Waals surface area contributed by atoms with Crippen LogP contribution in [-0.4, -0.2) is 50.5 Å². The number of piperazine rings is 1. The molecule has 168 valence electrons. The molecule has 5 rings (SSSR count). The first-order valence-electron chi connectivity index (χ1n) is 11.7. The van der Waals surface area contributed by atoms with Gasteiger partial charge in [-0.05, 0) is 67.5 Å². The van der Waals surface area contributed by atoms with E-state index in [-0.39, 0.29) is 23.7 Å². The van der Waals surface area contributed by atoms with Crippen LogP contribution in [0, 0.1) is 0 Å². The molecule has 2 aromatic rings. The molecule has 2 atom stereocenters. The zero-order valence-electron chi connectivity index (χ0n) is 18.7. The van der Waals surface area contributed by atoms with Gasteiger partial charge in [0.2, 0.25) is 0 Å². The minimum atomic E-state index is -0.0766. The third-order valence-electron chi connectivity index (χ3n) is 6.98. The summed E-state index contributed by atoms with van der Waals surface area (Å²) in [6.45, 7) is 6.15. The number of hydrogen-bond acceptors (Lipinski definition) is 5. The first kappa shape index (κ1) is 21.0. The van der Waals surface area contributed by atoms with Crippen LogP contribution < -0.4 is 20.3 Å². The number of aryl methyl sites for hydroxylation is 1. The van der Waals surface area contributed by atoms with Gasteiger partial charge in [0.25, 0.3) is 5.91 Å². The predicted octanol–water partition coefficient (Wildman–Crippen LogP) is 2.84. The second kappa shape index (κ2) is 8.94. The molecule has 0 saturated carbocycles. The number of ketones is 1. The van der Waals surface area contributed by atoms with Gasteiger partial charge in [-0.3, -0.25) is 9.59 Å². The van der Waals surface area contributed by atoms with Crippen molar-refractivity contribution in [3.63, 3.8) is 0 Å². The molecule has 1 aliphatic carbocycles. The molecule has 2 aliphatic heterocycles. The van der Waals surface area contributed by atoms with Gasteiger partial charge in [0, 0.05) is 49.4 Å². The highest BCUT2D eigenvalue weighted by Crippen LogP contribution is 2.33. The lowest BCUT2D eigenvalue weighted by atomic mass is 9.80. The molecule has 0 radical (unpaired) electrons. The van der Waals surface area contributed by atoms with Gasteiger partial charge in [-0.2, -0.15) is 0 Å². The largest absolute Gasteiger partial charge is 0.491 e. The molecule has 1 fully saturated rings. The highest BCUT2D eigenvalue weighted by molar-refractivity contribution is 5.95. The van der Waals surface area contributed by atoms with E-state index in [1.54, 1.807) is 6.92 Å². The van der Waals surface area contributed by atoms with Crippen molar-refractivity contribution in [3.05, 3.63) is 58.7 Å². The number of benzene rings is 2. The molecule has 1 unspecified atom stereocenters. The molecule has 3 aliphatic rings. The van der Waals surface area contributed by atoms with Crippen LogP contribution in [0.2, 0.25) is 0 Å². The van der Waals surface area contributed by atoms with Crippen molar-refractivity contribution < 1.29 is 14.3 Å². The lowest BCUT2D eigenvalue weighted by Crippen LogP contribution is -2.44. The second-order valence-electron chi connectivity index (χ2n) is 9.18. The molecule has 32 heavy (non-hydrogen) atoms. The highest BCUT2D eigenvalue weighted by atomic mass is 16.5. The van der Waals surface area contributed by atoms with Crippen LogP contribution in [0.4, 0.5) is 5.69 Å². The summed E-state index contributed by atoms with van der Waals surface area (Å²) < 4.78 is 6.04. The number of fused-ring (bicyclic) bond motifs is 2. The number of hydrogen-bond donors (Lipinski definition) is 2. The Morgan fingerprint density at radius 2 is 1.94 bits per heavy atom. The Hall–Kier alpha value is -2.86. The van der Waals surface area contributed by atoms with Gasteiger partial charge in [-0.1, -0.05) is 12.1 Å². The standard InChI is InChI=1S/C26H31N3O3/c1-17(30)23-4-2-3-18-13-20(6-8-24(18)23)26(31)28-21-14-19-5-7-22(15-25(19)32-16-21)29-11-9-27-10-12-29/h5-8,13,15,21,23,27H,2-4,9-12,14,16H2,1H3,(H,28,31)/t21?,23-/m0/s1. The molecule has 2 heterocycles. The van der Waals surface area contributed by atoms with E-state index in [2.05, 4.69) is 33.7 Å². The third kappa shape index (κ3) is 4.24. The summed E-state index contributed by atoms with van der Waals surface area (Å²) in [5, 5.41) is 6.53. The maximum Gasteiger partial charge on any atom is 0.251 e. The number of anilines is 1. The van der Waals surface area contributed by atoms with E-state index >= 15 is 0 Å². The smallest absolute Gasteiger partial charge is 0.251 e. The Bertz CT molecular complexity index is 1030. The van der Waals surface area contributed by atoms with Gasteiger partial charge in [0.15, 0.2) is 0 Å². The quantitative estimate of drug-likeness (QED) is 0.776. The van der Waals surface area contributed by atoms with Crippen LogP contribution in [0.5, 0.6) is 5.75 Å². The average Bonchev–Trinajstić information content (AvgIpc) is 2.83. The van der Waals surface area contributed by atoms with Crippen molar-refractivity contribution in [2.45, 2.75) is 44.6 Å². The first-order chi connectivity index (χ1) is 15.6. The lowest BCUT2D eigenvalue weighted by molar-refractivity contribution is -0.118. The van der Waals surface area contributed by atoms with Gasteiger partial charge < -0.3 is 20.3 Å². The molecule has 0 aromatic heterocycles. The molecule has 0 bridgehead atoms. The Balaban J connectivity index is 1.25. The van der Waals surface area contributed by atoms with Crippen molar-refractivity contribution in [2.75, 3.05) is 37.7 Å². The van der Waals surface area contributed by atoms with E-state index in [1.165, 1.54) is 5.69 Å². The Morgan fingerprint density at radius 3 is 2.75 bits per heavy atom. The minimum Gasteiger partial charge on any atom is -0.491 e. The monoisotopic (exact) mass is 433 g/mol. The van der Waals surface area contributed by atoms with E-state index in [4.69, 9.17) is 4.74 Å². The molecular weight excluding hydrogens is 402 g/mol. The number of carbonyl (C=O) groups excluding carboxylic acids is 2. The Labute approximate surface area is 189 Å². The van der Waals surface area contributed by atoms with Crippen LogP contribution in [-0.2, 0) is 17.6 Å². The third-order valence-corrected chi connectivity index (χ3v) is 6.98. The van der Waals surface area contributed by atoms with E-state index < -0.39 is 0 Å². The fourth-order valence-corrected chi connectivity index (χ4v) is 5.22. The molecular formula is C26H31N3O3. The number of ether oxygens (including phenoxy) is 1. The molecule has 0 spiro atoms. The second-order valence-corrected chi connectivity index (χ2v) is 9.18. The van der Waals surface area contributed by atoms with Gasteiger partial charge in [0.05, 0.1) is 6.04 Å². The predicted molar refractivity (Wildman–Crippen MR) is 125 cm³/mol. The number of amides is 1. The zero-order chi connectivity index (χ0) is 22.1. The summed E-state index contributed by atoms with van der Waals surface area (Å²) in [6.07, 6.45) is 3.59. The Kier molecular flexibility index (Phi) is 5.87. The molecule has 6 nitrogen and oxygen atoms in total. The summed E-state index contributed by atoms with van der Waals surface area (Å²) in [5.41, 5.74) is 5.22. The van der Waals surface area contributed by atoms with Crippen molar-refractivity contribution >= 4 is 17.4 Å².